The summed E-state index contributed by atoms with van der Waals surface area (Å²) >= 11 is 0. The Morgan fingerprint density at radius 1 is 0.898 bits per heavy atom. The maximum Gasteiger partial charge on any atom is 0.338 e. The Morgan fingerprint density at radius 2 is 1.47 bits per heavy atom. The highest BCUT2D eigenvalue weighted by molar-refractivity contribution is 5.89. The molecule has 0 saturated heterocycles. The molecule has 7 N–H and O–H groups in total. The molecule has 1 fully saturated rings. The Morgan fingerprint density at radius 3 is 2.00 bits per heavy atom. The van der Waals surface area contributed by atoms with Crippen LogP contribution in [0.4, 0.5) is 10.1 Å². The van der Waals surface area contributed by atoms with Gasteiger partial charge in [0.1, 0.15) is 24.1 Å². The fourth-order valence-electron chi connectivity index (χ4n) is 5.73. The molecule has 0 aromatic heterocycles. The van der Waals surface area contributed by atoms with E-state index in [1.165, 1.54) is 56.2 Å². The van der Waals surface area contributed by atoms with Gasteiger partial charge in [-0.2, -0.15) is 0 Å². The monoisotopic (exact) mass is 678 g/mol. The summed E-state index contributed by atoms with van der Waals surface area (Å²) in [4.78, 5) is 13.7. The Balaban J connectivity index is 0.000000425. The topological polar surface area (TPSA) is 154 Å². The van der Waals surface area contributed by atoms with Crippen molar-refractivity contribution in [3.8, 4) is 11.8 Å². The third kappa shape index (κ3) is 12.9. The lowest BCUT2D eigenvalue weighted by atomic mass is 10.0. The number of carboxylic acid groups (broad SMARTS) is 1. The average molecular weight is 679 g/mol. The highest BCUT2D eigenvalue weighted by Crippen LogP contribution is 2.29. The van der Waals surface area contributed by atoms with Crippen molar-refractivity contribution < 1.29 is 39.8 Å². The molecule has 0 aliphatic heterocycles. The molecule has 1 saturated carbocycles. The van der Waals surface area contributed by atoms with E-state index in [0.717, 1.165) is 35.3 Å². The van der Waals surface area contributed by atoms with Crippen molar-refractivity contribution in [2.75, 3.05) is 31.6 Å². The van der Waals surface area contributed by atoms with E-state index in [1.807, 2.05) is 12.1 Å². The van der Waals surface area contributed by atoms with Crippen molar-refractivity contribution in [3.05, 3.63) is 100 Å². The third-order valence-corrected chi connectivity index (χ3v) is 8.69. The zero-order chi connectivity index (χ0) is 35.8. The highest BCUT2D eigenvalue weighted by atomic mass is 19.1. The molecule has 49 heavy (non-hydrogen) atoms. The van der Waals surface area contributed by atoms with Crippen LogP contribution in [0.3, 0.4) is 0 Å². The zero-order valence-electron chi connectivity index (χ0n) is 28.4. The van der Waals surface area contributed by atoms with Gasteiger partial charge in [-0.3, -0.25) is 0 Å². The molecule has 10 heteroatoms. The Kier molecular flexibility index (Phi) is 16.7. The summed E-state index contributed by atoms with van der Waals surface area (Å²) in [5.74, 6) is 5.13. The number of hydrogen-bond acceptors (Lipinski definition) is 8. The second-order valence-corrected chi connectivity index (χ2v) is 12.6. The van der Waals surface area contributed by atoms with Gasteiger partial charge in [-0.25, -0.2) is 9.18 Å². The second-order valence-electron chi connectivity index (χ2n) is 12.6. The fraction of sp³-hybridized carbons (Fsp3) is 0.462. The number of nitrogens with one attached hydrogen (secondary N) is 1. The summed E-state index contributed by atoms with van der Waals surface area (Å²) in [6.45, 7) is 3.10. The average Bonchev–Trinajstić information content (AvgIpc) is 3.63. The lowest BCUT2D eigenvalue weighted by Gasteiger charge is -2.28. The van der Waals surface area contributed by atoms with Crippen molar-refractivity contribution >= 4 is 11.7 Å². The van der Waals surface area contributed by atoms with Gasteiger partial charge in [0.2, 0.25) is 0 Å². The Bertz CT molecular complexity index is 1480. The van der Waals surface area contributed by atoms with Crippen LogP contribution in [0.2, 0.25) is 0 Å². The molecule has 3 aromatic carbocycles. The van der Waals surface area contributed by atoms with Crippen LogP contribution in [0.5, 0.6) is 0 Å². The number of halogens is 1. The first-order chi connectivity index (χ1) is 23.6. The van der Waals surface area contributed by atoms with Crippen LogP contribution < -0.4 is 10.2 Å². The second kappa shape index (κ2) is 20.6. The minimum absolute atomic E-state index is 0.0936. The van der Waals surface area contributed by atoms with Crippen LogP contribution in [0.15, 0.2) is 66.7 Å². The van der Waals surface area contributed by atoms with E-state index in [1.54, 1.807) is 13.1 Å². The van der Waals surface area contributed by atoms with Gasteiger partial charge in [0.25, 0.3) is 0 Å². The molecule has 0 unspecified atom stereocenters. The maximum absolute atomic E-state index is 14.0. The quantitative estimate of drug-likeness (QED) is 0.118. The van der Waals surface area contributed by atoms with E-state index in [4.69, 9.17) is 20.4 Å². The molecule has 0 heterocycles. The molecule has 4 atom stereocenters. The number of aryl methyl sites for hydroxylation is 1. The summed E-state index contributed by atoms with van der Waals surface area (Å²) in [7, 11) is 1.57. The van der Waals surface area contributed by atoms with Gasteiger partial charge in [-0.1, -0.05) is 62.3 Å². The molecule has 266 valence electrons. The molecule has 1 aliphatic carbocycles. The molecule has 0 spiro atoms. The van der Waals surface area contributed by atoms with Crippen LogP contribution in [0.1, 0.15) is 78.1 Å². The maximum atomic E-state index is 14.0. The SMILES string of the molecule is CCCCc1ccc(C#Cc2ccc(CN(CC3CCCC3)c3ccc(F)c(C(=O)O)c3)cc2)cc1.CNC[C@H](O)[C@@H](O)[C@H](O)[C@H](O)CO. The number of carboxylic acids is 1. The van der Waals surface area contributed by atoms with E-state index in [2.05, 4.69) is 65.4 Å². The summed E-state index contributed by atoms with van der Waals surface area (Å²) < 4.78 is 14.0. The number of nitrogens with zero attached hydrogens (tertiary/aromatic N) is 1. The zero-order valence-corrected chi connectivity index (χ0v) is 28.4. The minimum Gasteiger partial charge on any atom is -0.478 e. The molecule has 1 aliphatic rings. The smallest absolute Gasteiger partial charge is 0.338 e. The Hall–Kier alpha value is -3.82. The van der Waals surface area contributed by atoms with Gasteiger partial charge < -0.3 is 40.9 Å². The van der Waals surface area contributed by atoms with Gasteiger partial charge in [-0.15, -0.1) is 0 Å². The van der Waals surface area contributed by atoms with E-state index in [9.17, 15) is 19.4 Å². The summed E-state index contributed by atoms with van der Waals surface area (Å²) in [5, 5.41) is 56.9. The number of likely N-dealkylation sites (N-methyl/N-ethyl adjacent to an activating group) is 1. The molecule has 4 rings (SSSR count). The van der Waals surface area contributed by atoms with Crippen LogP contribution in [-0.2, 0) is 13.0 Å². The van der Waals surface area contributed by atoms with Crippen molar-refractivity contribution in [2.45, 2.75) is 82.8 Å². The number of benzene rings is 3. The van der Waals surface area contributed by atoms with E-state index < -0.39 is 42.8 Å². The molecule has 9 nitrogen and oxygen atoms in total. The predicted octanol–water partition coefficient (Wildman–Crippen LogP) is 4.10. The first kappa shape index (κ1) is 39.6. The third-order valence-electron chi connectivity index (χ3n) is 8.69. The van der Waals surface area contributed by atoms with Crippen LogP contribution in [0, 0.1) is 23.6 Å². The molecular weight excluding hydrogens is 627 g/mol. The van der Waals surface area contributed by atoms with Gasteiger partial charge in [0.15, 0.2) is 0 Å². The standard InChI is InChI=1S/C32H34FNO2.C7H17NO5/c1-2-3-6-24-9-11-25(12-10-24)13-14-26-15-17-28(18-16-26)23-34(22-27-7-4-5-8-27)29-19-20-31(33)30(21-29)32(35)36;1-8-2-4(10)6(12)7(13)5(11)3-9/h9-12,15-21,27H,2-8,22-23H2,1H3,(H,35,36);4-13H,2-3H2,1H3/t;4-,5+,6+,7+/m.0/s1. The largest absolute Gasteiger partial charge is 0.478 e. The molecular formula is C39H51FN2O7. The minimum atomic E-state index is -1.55. The van der Waals surface area contributed by atoms with Crippen molar-refractivity contribution in [2.24, 2.45) is 5.92 Å². The van der Waals surface area contributed by atoms with E-state index >= 15 is 0 Å². The number of anilines is 1. The number of rotatable bonds is 15. The lowest BCUT2D eigenvalue weighted by Crippen LogP contribution is -2.48. The van der Waals surface area contributed by atoms with Gasteiger partial charge in [0, 0.05) is 36.4 Å². The summed E-state index contributed by atoms with van der Waals surface area (Å²) in [6.07, 6.45) is 2.69. The van der Waals surface area contributed by atoms with E-state index in [-0.39, 0.29) is 12.1 Å². The number of hydrogen-bond donors (Lipinski definition) is 7. The molecule has 0 bridgehead atoms. The van der Waals surface area contributed by atoms with Crippen molar-refractivity contribution in [3.63, 3.8) is 0 Å². The fourth-order valence-corrected chi connectivity index (χ4v) is 5.73. The lowest BCUT2D eigenvalue weighted by molar-refractivity contribution is -0.113. The molecule has 0 amide bonds. The first-order valence-corrected chi connectivity index (χ1v) is 17.0. The summed E-state index contributed by atoms with van der Waals surface area (Å²) in [6, 6.07) is 21.1. The first-order valence-electron chi connectivity index (χ1n) is 17.0. The van der Waals surface area contributed by atoms with Crippen LogP contribution >= 0.6 is 0 Å². The number of unbranched alkanes of at least 4 members (excludes halogenated alkanes) is 1. The predicted molar refractivity (Wildman–Crippen MR) is 189 cm³/mol. The summed E-state index contributed by atoms with van der Waals surface area (Å²) in [5.41, 5.74) is 4.88. The van der Waals surface area contributed by atoms with Gasteiger partial charge >= 0.3 is 5.97 Å². The highest BCUT2D eigenvalue weighted by Gasteiger charge is 2.29. The van der Waals surface area contributed by atoms with Gasteiger partial charge in [-0.05, 0) is 92.2 Å². The van der Waals surface area contributed by atoms with Gasteiger partial charge in [0.05, 0.1) is 18.3 Å². The molecule has 0 radical (unpaired) electrons. The van der Waals surface area contributed by atoms with E-state index in [0.29, 0.717) is 12.5 Å². The Labute approximate surface area is 289 Å². The number of aliphatic hydroxyl groups is 5. The van der Waals surface area contributed by atoms with Crippen molar-refractivity contribution in [1.29, 1.82) is 0 Å². The van der Waals surface area contributed by atoms with Crippen LogP contribution in [0.25, 0.3) is 0 Å². The normalized spacial score (nSPS) is 15.3. The van der Waals surface area contributed by atoms with Crippen molar-refractivity contribution in [1.82, 2.24) is 5.32 Å². The number of carbonyl (C=O) groups is 1. The molecule has 3 aromatic rings. The number of aliphatic hydroxyl groups excluding tert-OH is 5. The number of aromatic carboxylic acids is 1. The van der Waals surface area contributed by atoms with Crippen LogP contribution in [-0.4, -0.2) is 87.8 Å².